The summed E-state index contributed by atoms with van der Waals surface area (Å²) in [6, 6.07) is 4.90. The number of nitrogens with zero attached hydrogens (tertiary/aromatic N) is 1. The number of amides is 1. The zero-order chi connectivity index (χ0) is 14.3. The highest BCUT2D eigenvalue weighted by Gasteiger charge is 2.11. The lowest BCUT2D eigenvalue weighted by Gasteiger charge is -2.07. The molecule has 0 fully saturated rings. The predicted octanol–water partition coefficient (Wildman–Crippen LogP) is 2.64. The van der Waals surface area contributed by atoms with E-state index >= 15 is 0 Å². The van der Waals surface area contributed by atoms with Crippen molar-refractivity contribution in [3.05, 3.63) is 33.8 Å². The van der Waals surface area contributed by atoms with Crippen molar-refractivity contribution in [2.24, 2.45) is 10.9 Å². The molecule has 0 aromatic heterocycles. The summed E-state index contributed by atoms with van der Waals surface area (Å²) in [5.41, 5.74) is 5.68. The van der Waals surface area contributed by atoms with Crippen LogP contribution in [-0.4, -0.2) is 23.5 Å². The van der Waals surface area contributed by atoms with Crippen LogP contribution in [0.15, 0.2) is 23.4 Å². The largest absolute Gasteiger partial charge is 0.409 e. The van der Waals surface area contributed by atoms with Crippen molar-refractivity contribution in [1.82, 2.24) is 5.32 Å². The highest BCUT2D eigenvalue weighted by molar-refractivity contribution is 6.43. The van der Waals surface area contributed by atoms with Crippen LogP contribution in [0.3, 0.4) is 0 Å². The zero-order valence-corrected chi connectivity index (χ0v) is 11.7. The SMILES string of the molecule is NC(CCCCNC(=O)c1cccc(Cl)c1Cl)=NO. The molecule has 0 spiro atoms. The highest BCUT2D eigenvalue weighted by atomic mass is 35.5. The Bertz CT molecular complexity index is 478. The van der Waals surface area contributed by atoms with Crippen LogP contribution in [0.25, 0.3) is 0 Å². The number of hydrogen-bond acceptors (Lipinski definition) is 3. The number of amidine groups is 1. The zero-order valence-electron chi connectivity index (χ0n) is 10.2. The summed E-state index contributed by atoms with van der Waals surface area (Å²) in [5, 5.41) is 14.5. The molecule has 1 aromatic rings. The van der Waals surface area contributed by atoms with E-state index in [2.05, 4.69) is 10.5 Å². The lowest BCUT2D eigenvalue weighted by Crippen LogP contribution is -2.25. The minimum atomic E-state index is -0.267. The van der Waals surface area contributed by atoms with Gasteiger partial charge < -0.3 is 16.3 Å². The van der Waals surface area contributed by atoms with E-state index < -0.39 is 0 Å². The van der Waals surface area contributed by atoms with E-state index in [1.54, 1.807) is 18.2 Å². The number of carbonyl (C=O) groups excluding carboxylic acids is 1. The van der Waals surface area contributed by atoms with Crippen LogP contribution in [0.1, 0.15) is 29.6 Å². The lowest BCUT2D eigenvalue weighted by atomic mass is 10.2. The third-order valence-corrected chi connectivity index (χ3v) is 3.29. The maximum Gasteiger partial charge on any atom is 0.252 e. The third kappa shape index (κ3) is 4.96. The molecule has 0 heterocycles. The van der Waals surface area contributed by atoms with Crippen LogP contribution in [0.5, 0.6) is 0 Å². The molecule has 5 nitrogen and oxygen atoms in total. The molecular formula is C12H15Cl2N3O2. The summed E-state index contributed by atoms with van der Waals surface area (Å²) in [5.74, 6) is -0.0829. The van der Waals surface area contributed by atoms with Crippen LogP contribution < -0.4 is 11.1 Å². The van der Waals surface area contributed by atoms with Gasteiger partial charge in [-0.2, -0.15) is 0 Å². The predicted molar refractivity (Wildman–Crippen MR) is 76.1 cm³/mol. The molecule has 0 aliphatic rings. The molecule has 0 bridgehead atoms. The fourth-order valence-corrected chi connectivity index (χ4v) is 1.84. The summed E-state index contributed by atoms with van der Waals surface area (Å²) in [6.07, 6.45) is 1.93. The quantitative estimate of drug-likeness (QED) is 0.248. The Kier molecular flexibility index (Phi) is 6.45. The minimum Gasteiger partial charge on any atom is -0.409 e. The topological polar surface area (TPSA) is 87.7 Å². The number of nitrogens with one attached hydrogen (secondary N) is 1. The van der Waals surface area contributed by atoms with Gasteiger partial charge in [-0.15, -0.1) is 0 Å². The average Bonchev–Trinajstić information content (AvgIpc) is 2.40. The van der Waals surface area contributed by atoms with Crippen molar-refractivity contribution < 1.29 is 10.0 Å². The van der Waals surface area contributed by atoms with E-state index in [1.807, 2.05) is 0 Å². The number of unbranched alkanes of at least 4 members (excludes halogenated alkanes) is 1. The van der Waals surface area contributed by atoms with Gasteiger partial charge in [-0.25, -0.2) is 0 Å². The Morgan fingerprint density at radius 3 is 2.79 bits per heavy atom. The van der Waals surface area contributed by atoms with Gasteiger partial charge in [0, 0.05) is 13.0 Å². The molecule has 0 unspecified atom stereocenters. The molecule has 0 radical (unpaired) electrons. The van der Waals surface area contributed by atoms with Gasteiger partial charge in [-0.3, -0.25) is 4.79 Å². The van der Waals surface area contributed by atoms with Crippen molar-refractivity contribution in [3.8, 4) is 0 Å². The van der Waals surface area contributed by atoms with Gasteiger partial charge in [0.1, 0.15) is 5.84 Å². The Morgan fingerprint density at radius 2 is 2.11 bits per heavy atom. The summed E-state index contributed by atoms with van der Waals surface area (Å²) in [7, 11) is 0. The van der Waals surface area contributed by atoms with Crippen molar-refractivity contribution in [1.29, 1.82) is 0 Å². The monoisotopic (exact) mass is 303 g/mol. The second kappa shape index (κ2) is 7.86. The van der Waals surface area contributed by atoms with Crippen LogP contribution in [0.4, 0.5) is 0 Å². The fraction of sp³-hybridized carbons (Fsp3) is 0.333. The van der Waals surface area contributed by atoms with E-state index in [1.165, 1.54) is 0 Å². The van der Waals surface area contributed by atoms with Crippen LogP contribution >= 0.6 is 23.2 Å². The second-order valence-electron chi connectivity index (χ2n) is 3.91. The van der Waals surface area contributed by atoms with Gasteiger partial charge in [0.15, 0.2) is 0 Å². The number of halogens is 2. The van der Waals surface area contributed by atoms with Crippen LogP contribution in [0, 0.1) is 0 Å². The molecular weight excluding hydrogens is 289 g/mol. The van der Waals surface area contributed by atoms with E-state index in [0.717, 1.165) is 12.8 Å². The summed E-state index contributed by atoms with van der Waals surface area (Å²) >= 11 is 11.8. The molecule has 7 heteroatoms. The van der Waals surface area contributed by atoms with Crippen molar-refractivity contribution in [2.75, 3.05) is 6.54 Å². The molecule has 0 aliphatic carbocycles. The molecule has 0 aliphatic heterocycles. The number of nitrogens with two attached hydrogens (primary N) is 1. The number of carbonyl (C=O) groups is 1. The second-order valence-corrected chi connectivity index (χ2v) is 4.69. The van der Waals surface area contributed by atoms with Gasteiger partial charge in [-0.05, 0) is 25.0 Å². The van der Waals surface area contributed by atoms with Crippen LogP contribution in [0.2, 0.25) is 10.0 Å². The van der Waals surface area contributed by atoms with E-state index in [-0.39, 0.29) is 16.8 Å². The number of oxime groups is 1. The Hall–Kier alpha value is -1.46. The standard InChI is InChI=1S/C12H15Cl2N3O2/c13-9-5-3-4-8(11(9)14)12(18)16-7-2-1-6-10(15)17-19/h3-5,19H,1-2,6-7H2,(H2,15,17)(H,16,18). The Morgan fingerprint density at radius 1 is 1.37 bits per heavy atom. The van der Waals surface area contributed by atoms with E-state index in [9.17, 15) is 4.79 Å². The molecule has 4 N–H and O–H groups in total. The maximum atomic E-state index is 11.8. The van der Waals surface area contributed by atoms with Gasteiger partial charge >= 0.3 is 0 Å². The normalized spacial score (nSPS) is 11.4. The lowest BCUT2D eigenvalue weighted by molar-refractivity contribution is 0.0953. The van der Waals surface area contributed by atoms with Gasteiger partial charge in [0.05, 0.1) is 15.6 Å². The molecule has 104 valence electrons. The Labute approximate surface area is 121 Å². The first-order valence-corrected chi connectivity index (χ1v) is 6.50. The number of rotatable bonds is 6. The Balaban J connectivity index is 2.38. The van der Waals surface area contributed by atoms with Gasteiger partial charge in [0.2, 0.25) is 0 Å². The van der Waals surface area contributed by atoms with Crippen molar-refractivity contribution in [2.45, 2.75) is 19.3 Å². The number of hydrogen-bond donors (Lipinski definition) is 3. The molecule has 0 saturated heterocycles. The average molecular weight is 304 g/mol. The number of benzene rings is 1. The minimum absolute atomic E-state index is 0.184. The summed E-state index contributed by atoms with van der Waals surface area (Å²) in [4.78, 5) is 11.8. The van der Waals surface area contributed by atoms with E-state index in [0.29, 0.717) is 23.6 Å². The summed E-state index contributed by atoms with van der Waals surface area (Å²) in [6.45, 7) is 0.486. The molecule has 1 aromatic carbocycles. The molecule has 1 rings (SSSR count). The smallest absolute Gasteiger partial charge is 0.252 e. The van der Waals surface area contributed by atoms with Gasteiger partial charge in [-0.1, -0.05) is 34.4 Å². The van der Waals surface area contributed by atoms with Crippen molar-refractivity contribution in [3.63, 3.8) is 0 Å². The van der Waals surface area contributed by atoms with Crippen molar-refractivity contribution >= 4 is 34.9 Å². The van der Waals surface area contributed by atoms with Crippen LogP contribution in [-0.2, 0) is 0 Å². The first kappa shape index (κ1) is 15.6. The van der Waals surface area contributed by atoms with Gasteiger partial charge in [0.25, 0.3) is 5.91 Å². The third-order valence-electron chi connectivity index (χ3n) is 2.47. The van der Waals surface area contributed by atoms with E-state index in [4.69, 9.17) is 34.1 Å². The molecule has 0 atom stereocenters. The first-order valence-electron chi connectivity index (χ1n) is 5.75. The summed E-state index contributed by atoms with van der Waals surface area (Å²) < 4.78 is 0. The molecule has 0 saturated carbocycles. The fourth-order valence-electron chi connectivity index (χ4n) is 1.46. The molecule has 1 amide bonds. The highest BCUT2D eigenvalue weighted by Crippen LogP contribution is 2.25. The maximum absolute atomic E-state index is 11.8. The first-order chi connectivity index (χ1) is 9.06. The molecule has 19 heavy (non-hydrogen) atoms.